The zero-order valence-electron chi connectivity index (χ0n) is 6.70. The van der Waals surface area contributed by atoms with E-state index in [1.165, 1.54) is 0 Å². The van der Waals surface area contributed by atoms with Gasteiger partial charge in [-0.1, -0.05) is 6.08 Å². The molecule has 0 fully saturated rings. The van der Waals surface area contributed by atoms with Crippen LogP contribution in [0.25, 0.3) is 0 Å². The number of carbonyl (C=O) groups excluding carboxylic acids is 2. The Bertz CT molecular complexity index is 190. The lowest BCUT2D eigenvalue weighted by Crippen LogP contribution is -2.50. The average molecular weight is 188 g/mol. The lowest BCUT2D eigenvalue weighted by atomic mass is 10.5. The van der Waals surface area contributed by atoms with E-state index in [0.29, 0.717) is 0 Å². The van der Waals surface area contributed by atoms with Crippen molar-refractivity contribution in [2.75, 3.05) is 0 Å². The quantitative estimate of drug-likeness (QED) is 0.291. The minimum Gasteiger partial charge on any atom is -0.352 e. The average Bonchev–Trinajstić information content (AvgIpc) is 1.84. The number of nitrogens with two attached hydrogens (primary N) is 2. The third kappa shape index (κ3) is 5.29. The minimum atomic E-state index is -0.714. The van der Waals surface area contributed by atoms with Gasteiger partial charge in [0.25, 0.3) is 0 Å². The van der Waals surface area contributed by atoms with Gasteiger partial charge in [-0.05, 0) is 0 Å². The third-order valence-corrected chi connectivity index (χ3v) is 1.37. The fourth-order valence-electron chi connectivity index (χ4n) is 0.631. The van der Waals surface area contributed by atoms with Crippen molar-refractivity contribution in [3.63, 3.8) is 0 Å². The van der Waals surface area contributed by atoms with Crippen LogP contribution < -0.4 is 22.1 Å². The summed E-state index contributed by atoms with van der Waals surface area (Å²) in [6.45, 7) is 0. The summed E-state index contributed by atoms with van der Waals surface area (Å²) in [5, 5.41) is 4.55. The first-order valence-electron chi connectivity index (χ1n) is 3.31. The van der Waals surface area contributed by atoms with Gasteiger partial charge >= 0.3 is 12.1 Å². The molecule has 0 aromatic carbocycles. The molecule has 0 saturated carbocycles. The predicted octanol–water partition coefficient (Wildman–Crippen LogP) is -2.47. The number of nitrogens with one attached hydrogen (secondary N) is 2. The van der Waals surface area contributed by atoms with Crippen LogP contribution in [0.15, 0.2) is 11.8 Å². The van der Waals surface area contributed by atoms with Gasteiger partial charge in [-0.25, -0.2) is 9.59 Å². The Hall–Kier alpha value is -1.50. The van der Waals surface area contributed by atoms with Gasteiger partial charge in [0.15, 0.2) is 0 Å². The molecule has 0 saturated heterocycles. The summed E-state index contributed by atoms with van der Waals surface area (Å²) >= 11 is 0. The largest absolute Gasteiger partial charge is 0.352 e. The summed E-state index contributed by atoms with van der Waals surface area (Å²) < 4.78 is 0. The van der Waals surface area contributed by atoms with Crippen molar-refractivity contribution < 1.29 is 9.59 Å². The van der Waals surface area contributed by atoms with Crippen LogP contribution >= 0.6 is 0 Å². The van der Waals surface area contributed by atoms with E-state index in [1.54, 1.807) is 11.8 Å². The standard InChI is InChI=1S/C5H12N4O2Si/c6-4(10)8-3(1-2-12)9-5(7)11/h1-3H,12H3,(H3,6,8,10)(H3,7,9,11). The topological polar surface area (TPSA) is 110 Å². The van der Waals surface area contributed by atoms with Crippen LogP contribution in [-0.4, -0.2) is 28.5 Å². The Labute approximate surface area is 72.8 Å². The van der Waals surface area contributed by atoms with Crippen LogP contribution in [0.2, 0.25) is 0 Å². The Morgan fingerprint density at radius 2 is 1.67 bits per heavy atom. The first-order chi connectivity index (χ1) is 5.56. The van der Waals surface area contributed by atoms with Crippen molar-refractivity contribution in [1.82, 2.24) is 10.6 Å². The normalized spacial score (nSPS) is 10.4. The van der Waals surface area contributed by atoms with Crippen molar-refractivity contribution in [3.8, 4) is 0 Å². The molecule has 0 aliphatic carbocycles. The Balaban J connectivity index is 4.03. The predicted molar refractivity (Wildman–Crippen MR) is 48.3 cm³/mol. The van der Waals surface area contributed by atoms with Crippen LogP contribution in [0.5, 0.6) is 0 Å². The molecule has 0 atom stereocenters. The third-order valence-electron chi connectivity index (χ3n) is 0.980. The number of primary amides is 2. The second kappa shape index (κ2) is 5.19. The molecule has 12 heavy (non-hydrogen) atoms. The number of amides is 4. The van der Waals surface area contributed by atoms with E-state index < -0.39 is 18.2 Å². The smallest absolute Gasteiger partial charge is 0.314 e. The van der Waals surface area contributed by atoms with Gasteiger partial charge in [0.05, 0.1) is 0 Å². The number of hydrogen-bond acceptors (Lipinski definition) is 2. The molecular formula is C5H12N4O2Si. The molecule has 0 spiro atoms. The highest BCUT2D eigenvalue weighted by atomic mass is 28.1. The highest BCUT2D eigenvalue weighted by Gasteiger charge is 2.06. The van der Waals surface area contributed by atoms with Crippen molar-refractivity contribution in [2.45, 2.75) is 6.17 Å². The molecule has 0 heterocycles. The molecule has 68 valence electrons. The second-order valence-corrected chi connectivity index (χ2v) is 2.69. The van der Waals surface area contributed by atoms with E-state index in [1.807, 2.05) is 0 Å². The fraction of sp³-hybridized carbons (Fsp3) is 0.200. The van der Waals surface area contributed by atoms with Gasteiger partial charge in [-0.15, -0.1) is 5.70 Å². The molecular weight excluding hydrogens is 176 g/mol. The monoisotopic (exact) mass is 188 g/mol. The lowest BCUT2D eigenvalue weighted by molar-refractivity contribution is 0.239. The zero-order valence-corrected chi connectivity index (χ0v) is 8.70. The highest BCUT2D eigenvalue weighted by molar-refractivity contribution is 6.17. The van der Waals surface area contributed by atoms with E-state index in [2.05, 4.69) is 10.6 Å². The van der Waals surface area contributed by atoms with Crippen LogP contribution in [0.4, 0.5) is 9.59 Å². The summed E-state index contributed by atoms with van der Waals surface area (Å²) in [5.74, 6) is 0. The number of hydrogen-bond donors (Lipinski definition) is 4. The molecule has 7 heteroatoms. The number of urea groups is 2. The van der Waals surface area contributed by atoms with Crippen LogP contribution in [0, 0.1) is 0 Å². The van der Waals surface area contributed by atoms with Gasteiger partial charge in [-0.2, -0.15) is 0 Å². The van der Waals surface area contributed by atoms with Crippen LogP contribution in [-0.2, 0) is 0 Å². The zero-order chi connectivity index (χ0) is 9.56. The van der Waals surface area contributed by atoms with Crippen LogP contribution in [0.3, 0.4) is 0 Å². The van der Waals surface area contributed by atoms with Crippen molar-refractivity contribution in [1.29, 1.82) is 0 Å². The second-order valence-electron chi connectivity index (χ2n) is 2.02. The maximum atomic E-state index is 10.4. The van der Waals surface area contributed by atoms with E-state index in [4.69, 9.17) is 11.5 Å². The van der Waals surface area contributed by atoms with Crippen molar-refractivity contribution >= 4 is 22.3 Å². The van der Waals surface area contributed by atoms with E-state index in [9.17, 15) is 9.59 Å². The van der Waals surface area contributed by atoms with Gasteiger partial charge in [0.2, 0.25) is 0 Å². The van der Waals surface area contributed by atoms with Crippen molar-refractivity contribution in [2.24, 2.45) is 11.5 Å². The Kier molecular flexibility index (Phi) is 4.54. The summed E-state index contributed by atoms with van der Waals surface area (Å²) in [5.41, 5.74) is 11.5. The number of carbonyl (C=O) groups is 2. The summed E-state index contributed by atoms with van der Waals surface area (Å²) in [6.07, 6.45) is 0.986. The molecule has 0 rings (SSSR count). The molecule has 0 aliphatic rings. The Morgan fingerprint density at radius 1 is 1.25 bits per heavy atom. The first-order valence-corrected chi connectivity index (χ1v) is 4.46. The summed E-state index contributed by atoms with van der Waals surface area (Å²) in [4.78, 5) is 20.7. The molecule has 0 aromatic rings. The van der Waals surface area contributed by atoms with Gasteiger partial charge in [-0.3, -0.25) is 0 Å². The van der Waals surface area contributed by atoms with Crippen LogP contribution in [0.1, 0.15) is 0 Å². The van der Waals surface area contributed by atoms with Gasteiger partial charge < -0.3 is 22.1 Å². The molecule has 0 aromatic heterocycles. The first kappa shape index (κ1) is 10.5. The fourth-order valence-corrected chi connectivity index (χ4v) is 1.02. The molecule has 0 bridgehead atoms. The highest BCUT2D eigenvalue weighted by Crippen LogP contribution is 1.79. The van der Waals surface area contributed by atoms with E-state index in [0.717, 1.165) is 10.2 Å². The summed E-state index contributed by atoms with van der Waals surface area (Å²) in [7, 11) is 0.823. The van der Waals surface area contributed by atoms with E-state index >= 15 is 0 Å². The lowest BCUT2D eigenvalue weighted by Gasteiger charge is -2.13. The Morgan fingerprint density at radius 3 is 1.92 bits per heavy atom. The summed E-state index contributed by atoms with van der Waals surface area (Å²) in [6, 6.07) is -1.43. The molecule has 0 radical (unpaired) electrons. The maximum absolute atomic E-state index is 10.4. The molecule has 4 amide bonds. The minimum absolute atomic E-state index is 0.613. The molecule has 6 N–H and O–H groups in total. The molecule has 6 nitrogen and oxygen atoms in total. The maximum Gasteiger partial charge on any atom is 0.314 e. The molecule has 0 aliphatic heterocycles. The number of rotatable bonds is 3. The van der Waals surface area contributed by atoms with E-state index in [-0.39, 0.29) is 0 Å². The SMILES string of the molecule is NC(=O)NC(C=C[SiH3])NC(N)=O. The van der Waals surface area contributed by atoms with Gasteiger partial charge in [0.1, 0.15) is 6.17 Å². The molecule has 0 unspecified atom stereocenters. The van der Waals surface area contributed by atoms with Crippen molar-refractivity contribution in [3.05, 3.63) is 11.8 Å². The van der Waals surface area contributed by atoms with Gasteiger partial charge in [0, 0.05) is 10.2 Å².